The van der Waals surface area contributed by atoms with Crippen molar-refractivity contribution in [1.29, 1.82) is 0 Å². The minimum absolute atomic E-state index is 0.183. The molecule has 0 saturated carbocycles. The normalized spacial score (nSPS) is 10.3. The second-order valence-corrected chi connectivity index (χ2v) is 6.07. The first-order chi connectivity index (χ1) is 13.0. The van der Waals surface area contributed by atoms with E-state index in [0.717, 1.165) is 12.1 Å². The van der Waals surface area contributed by atoms with Crippen LogP contribution in [0.3, 0.4) is 0 Å². The monoisotopic (exact) mass is 396 g/mol. The van der Waals surface area contributed by atoms with Crippen LogP contribution in [0.2, 0.25) is 5.02 Å². The molecule has 0 fully saturated rings. The van der Waals surface area contributed by atoms with Gasteiger partial charge in [-0.2, -0.15) is 0 Å². The first-order valence-electron chi connectivity index (χ1n) is 8.34. The fraction of sp³-hybridized carbons (Fsp3) is 0.263. The van der Waals surface area contributed by atoms with Gasteiger partial charge >= 0.3 is 0 Å². The molecule has 0 aliphatic carbocycles. The summed E-state index contributed by atoms with van der Waals surface area (Å²) in [5, 5.41) is 5.80. The number of carbonyl (C=O) groups is 2. The molecule has 0 aliphatic rings. The number of hydrogen-bond donors (Lipinski definition) is 2. The van der Waals surface area contributed by atoms with Gasteiger partial charge in [0.15, 0.2) is 0 Å². The van der Waals surface area contributed by atoms with E-state index >= 15 is 0 Å². The van der Waals surface area contributed by atoms with Crippen LogP contribution < -0.4 is 15.4 Å². The summed E-state index contributed by atoms with van der Waals surface area (Å²) in [5.74, 6) is -1.85. The maximum atomic E-state index is 13.5. The Labute approximate surface area is 160 Å². The van der Waals surface area contributed by atoms with Crippen LogP contribution in [0.15, 0.2) is 42.5 Å². The highest BCUT2D eigenvalue weighted by atomic mass is 35.5. The van der Waals surface area contributed by atoms with Gasteiger partial charge in [0, 0.05) is 24.1 Å². The van der Waals surface area contributed by atoms with Crippen LogP contribution in [-0.4, -0.2) is 31.5 Å². The fourth-order valence-electron chi connectivity index (χ4n) is 2.20. The predicted molar refractivity (Wildman–Crippen MR) is 97.9 cm³/mol. The molecule has 27 heavy (non-hydrogen) atoms. The van der Waals surface area contributed by atoms with Gasteiger partial charge in [-0.15, -0.1) is 0 Å². The van der Waals surface area contributed by atoms with Crippen molar-refractivity contribution in [1.82, 2.24) is 10.6 Å². The molecule has 0 atom stereocenters. The molecule has 144 valence electrons. The summed E-state index contributed by atoms with van der Waals surface area (Å²) in [4.78, 5) is 23.5. The summed E-state index contributed by atoms with van der Waals surface area (Å²) in [5.41, 5.74) is -0.236. The van der Waals surface area contributed by atoms with Crippen LogP contribution >= 0.6 is 11.6 Å². The molecule has 0 aliphatic heterocycles. The smallest absolute Gasteiger partial charge is 0.254 e. The number of carbonyl (C=O) groups excluding carboxylic acids is 2. The highest BCUT2D eigenvalue weighted by Gasteiger charge is 2.12. The lowest BCUT2D eigenvalue weighted by Crippen LogP contribution is -2.30. The van der Waals surface area contributed by atoms with E-state index in [-0.39, 0.29) is 24.4 Å². The van der Waals surface area contributed by atoms with Crippen molar-refractivity contribution in [2.24, 2.45) is 0 Å². The van der Waals surface area contributed by atoms with E-state index in [9.17, 15) is 18.4 Å². The molecule has 2 amide bonds. The average Bonchev–Trinajstić information content (AvgIpc) is 2.63. The molecule has 0 radical (unpaired) electrons. The Morgan fingerprint density at radius 1 is 1.00 bits per heavy atom. The molecule has 0 aromatic heterocycles. The van der Waals surface area contributed by atoms with Gasteiger partial charge in [0.2, 0.25) is 5.91 Å². The first kappa shape index (κ1) is 20.6. The zero-order valence-corrected chi connectivity index (χ0v) is 15.2. The number of ether oxygens (including phenoxy) is 1. The number of nitrogens with one attached hydrogen (secondary N) is 2. The molecule has 0 heterocycles. The standard InChI is InChI=1S/C19H19ClF2N2O3/c20-13-3-6-15(7-4-13)27-11-10-23-18(25)2-1-9-24-19(26)16-8-5-14(21)12-17(16)22/h3-8,12H,1-2,9-11H2,(H,23,25)(H,24,26). The van der Waals surface area contributed by atoms with E-state index in [1.165, 1.54) is 0 Å². The second kappa shape index (κ2) is 10.5. The number of rotatable bonds is 9. The molecule has 2 rings (SSSR count). The number of halogens is 3. The Hall–Kier alpha value is -2.67. The van der Waals surface area contributed by atoms with Crippen LogP contribution in [0, 0.1) is 11.6 Å². The molecular formula is C19H19ClF2N2O3. The van der Waals surface area contributed by atoms with Crippen LogP contribution in [-0.2, 0) is 4.79 Å². The van der Waals surface area contributed by atoms with Crippen molar-refractivity contribution in [3.05, 3.63) is 64.7 Å². The van der Waals surface area contributed by atoms with E-state index in [1.807, 2.05) is 0 Å². The first-order valence-corrected chi connectivity index (χ1v) is 8.72. The Morgan fingerprint density at radius 3 is 2.44 bits per heavy atom. The Balaban J connectivity index is 1.57. The van der Waals surface area contributed by atoms with Crippen molar-refractivity contribution in [3.8, 4) is 5.75 Å². The maximum absolute atomic E-state index is 13.5. The van der Waals surface area contributed by atoms with Gasteiger partial charge in [-0.3, -0.25) is 9.59 Å². The summed E-state index contributed by atoms with van der Waals surface area (Å²) in [6.45, 7) is 0.854. The highest BCUT2D eigenvalue weighted by molar-refractivity contribution is 6.30. The van der Waals surface area contributed by atoms with Gasteiger partial charge in [-0.05, 0) is 42.8 Å². The van der Waals surface area contributed by atoms with Crippen molar-refractivity contribution < 1.29 is 23.1 Å². The minimum Gasteiger partial charge on any atom is -0.492 e. The number of hydrogen-bond acceptors (Lipinski definition) is 3. The summed E-state index contributed by atoms with van der Waals surface area (Å²) >= 11 is 5.77. The Bertz CT molecular complexity index is 785. The van der Waals surface area contributed by atoms with Crippen molar-refractivity contribution in [3.63, 3.8) is 0 Å². The zero-order valence-electron chi connectivity index (χ0n) is 14.4. The lowest BCUT2D eigenvalue weighted by atomic mass is 10.2. The fourth-order valence-corrected chi connectivity index (χ4v) is 2.32. The summed E-state index contributed by atoms with van der Waals surface area (Å²) in [7, 11) is 0. The highest BCUT2D eigenvalue weighted by Crippen LogP contribution is 2.15. The number of benzene rings is 2. The molecular weight excluding hydrogens is 378 g/mol. The predicted octanol–water partition coefficient (Wildman–Crippen LogP) is 3.32. The van der Waals surface area contributed by atoms with E-state index in [4.69, 9.17) is 16.3 Å². The van der Waals surface area contributed by atoms with Gasteiger partial charge in [-0.1, -0.05) is 11.6 Å². The quantitative estimate of drug-likeness (QED) is 0.639. The maximum Gasteiger partial charge on any atom is 0.254 e. The third kappa shape index (κ3) is 7.22. The van der Waals surface area contributed by atoms with Gasteiger partial charge in [0.1, 0.15) is 24.0 Å². The van der Waals surface area contributed by atoms with Crippen LogP contribution in [0.5, 0.6) is 5.75 Å². The van der Waals surface area contributed by atoms with E-state index in [0.29, 0.717) is 36.4 Å². The third-order valence-corrected chi connectivity index (χ3v) is 3.80. The van der Waals surface area contributed by atoms with Crippen molar-refractivity contribution in [2.45, 2.75) is 12.8 Å². The van der Waals surface area contributed by atoms with E-state index in [1.54, 1.807) is 24.3 Å². The van der Waals surface area contributed by atoms with Crippen LogP contribution in [0.1, 0.15) is 23.2 Å². The van der Waals surface area contributed by atoms with Crippen molar-refractivity contribution >= 4 is 23.4 Å². The van der Waals surface area contributed by atoms with E-state index < -0.39 is 17.5 Å². The minimum atomic E-state index is -0.925. The van der Waals surface area contributed by atoms with Gasteiger partial charge in [-0.25, -0.2) is 8.78 Å². The molecule has 2 aromatic carbocycles. The SMILES string of the molecule is O=C(CCCNC(=O)c1ccc(F)cc1F)NCCOc1ccc(Cl)cc1. The molecule has 0 bridgehead atoms. The van der Waals surface area contributed by atoms with Crippen molar-refractivity contribution in [2.75, 3.05) is 19.7 Å². The largest absolute Gasteiger partial charge is 0.492 e. The molecule has 2 aromatic rings. The molecule has 0 unspecified atom stereocenters. The average molecular weight is 397 g/mol. The second-order valence-electron chi connectivity index (χ2n) is 5.64. The molecule has 2 N–H and O–H groups in total. The summed E-state index contributed by atoms with van der Waals surface area (Å²) in [6, 6.07) is 9.62. The lowest BCUT2D eigenvalue weighted by molar-refractivity contribution is -0.121. The van der Waals surface area contributed by atoms with E-state index in [2.05, 4.69) is 10.6 Å². The van der Waals surface area contributed by atoms with Gasteiger partial charge < -0.3 is 15.4 Å². The summed E-state index contributed by atoms with van der Waals surface area (Å²) < 4.78 is 31.7. The third-order valence-electron chi connectivity index (χ3n) is 3.55. The zero-order chi connectivity index (χ0) is 19.6. The summed E-state index contributed by atoms with van der Waals surface area (Å²) in [6.07, 6.45) is 0.589. The van der Waals surface area contributed by atoms with Gasteiger partial charge in [0.05, 0.1) is 12.1 Å². The lowest BCUT2D eigenvalue weighted by Gasteiger charge is -2.08. The number of amides is 2. The molecule has 0 saturated heterocycles. The molecule has 5 nitrogen and oxygen atoms in total. The van der Waals surface area contributed by atoms with Crippen LogP contribution in [0.25, 0.3) is 0 Å². The molecule has 0 spiro atoms. The Morgan fingerprint density at radius 2 is 1.74 bits per heavy atom. The Kier molecular flexibility index (Phi) is 8.00. The molecule has 8 heteroatoms. The van der Waals surface area contributed by atoms with Gasteiger partial charge in [0.25, 0.3) is 5.91 Å². The van der Waals surface area contributed by atoms with Crippen LogP contribution in [0.4, 0.5) is 8.78 Å². The topological polar surface area (TPSA) is 67.4 Å².